The monoisotopic (exact) mass is 284 g/mol. The van der Waals surface area contributed by atoms with Gasteiger partial charge in [0, 0.05) is 23.6 Å². The average molecular weight is 284 g/mol. The molecule has 0 amide bonds. The number of fused-ring (bicyclic) bond motifs is 3. The fourth-order valence-corrected chi connectivity index (χ4v) is 4.60. The van der Waals surface area contributed by atoms with E-state index in [-0.39, 0.29) is 5.41 Å². The van der Waals surface area contributed by atoms with Crippen LogP contribution in [0.4, 0.5) is 5.69 Å². The third kappa shape index (κ3) is 2.12. The first-order chi connectivity index (χ1) is 9.86. The summed E-state index contributed by atoms with van der Waals surface area (Å²) in [5.41, 5.74) is 4.35. The van der Waals surface area contributed by atoms with Gasteiger partial charge in [-0.05, 0) is 30.5 Å². The lowest BCUT2D eigenvalue weighted by molar-refractivity contribution is 0.106. The van der Waals surface area contributed by atoms with Gasteiger partial charge in [0.15, 0.2) is 0 Å². The molecule has 0 aromatic heterocycles. The fraction of sp³-hybridized carbons (Fsp3) is 0.579. The first kappa shape index (κ1) is 14.6. The molecule has 1 N–H and O–H groups in total. The van der Waals surface area contributed by atoms with Crippen molar-refractivity contribution in [1.82, 2.24) is 4.90 Å². The van der Waals surface area contributed by atoms with E-state index in [4.69, 9.17) is 0 Å². The lowest BCUT2D eigenvalue weighted by Crippen LogP contribution is -2.47. The van der Waals surface area contributed by atoms with Crippen LogP contribution in [0.15, 0.2) is 36.4 Å². The molecule has 2 nitrogen and oxygen atoms in total. The molecule has 1 aromatic carbocycles. The summed E-state index contributed by atoms with van der Waals surface area (Å²) in [6, 6.07) is 9.33. The Bertz CT molecular complexity index is 555. The molecule has 0 spiro atoms. The Labute approximate surface area is 129 Å². The zero-order chi connectivity index (χ0) is 15.4. The highest BCUT2D eigenvalue weighted by molar-refractivity contribution is 5.61. The number of likely N-dealkylation sites (N-methyl/N-ethyl adjacent to an activating group) is 1. The standard InChI is InChI=1S/C19H28N2/c1-7-21-17(19(4,5)6)15(12(2)3)16-13-10-8-9-11-14(13)20-18(16)21/h8-11,15-18,20H,2,7H2,1,3-6H3. The predicted octanol–water partition coefficient (Wildman–Crippen LogP) is 4.46. The van der Waals surface area contributed by atoms with Crippen molar-refractivity contribution in [2.75, 3.05) is 11.9 Å². The Morgan fingerprint density at radius 3 is 2.52 bits per heavy atom. The molecule has 2 aliphatic rings. The molecular weight excluding hydrogens is 256 g/mol. The Kier molecular flexibility index (Phi) is 3.40. The molecule has 3 rings (SSSR count). The topological polar surface area (TPSA) is 15.3 Å². The minimum absolute atomic E-state index is 0.251. The van der Waals surface area contributed by atoms with Crippen molar-refractivity contribution in [2.24, 2.45) is 11.3 Å². The van der Waals surface area contributed by atoms with Gasteiger partial charge in [0.1, 0.15) is 0 Å². The van der Waals surface area contributed by atoms with E-state index in [0.717, 1.165) is 6.54 Å². The number of anilines is 1. The number of likely N-dealkylation sites (tertiary alicyclic amines) is 1. The van der Waals surface area contributed by atoms with Crippen LogP contribution in [0.5, 0.6) is 0 Å². The third-order valence-corrected chi connectivity index (χ3v) is 5.23. The summed E-state index contributed by atoms with van der Waals surface area (Å²) in [6.45, 7) is 17.0. The van der Waals surface area contributed by atoms with Crippen LogP contribution in [0.1, 0.15) is 46.1 Å². The van der Waals surface area contributed by atoms with Gasteiger partial charge in [-0.25, -0.2) is 0 Å². The first-order valence-electron chi connectivity index (χ1n) is 8.13. The molecule has 0 bridgehead atoms. The summed E-state index contributed by atoms with van der Waals surface area (Å²) in [7, 11) is 0. The normalized spacial score (nSPS) is 31.7. The average Bonchev–Trinajstić information content (AvgIpc) is 2.91. The highest BCUT2D eigenvalue weighted by Gasteiger charge is 2.55. The minimum Gasteiger partial charge on any atom is -0.369 e. The van der Waals surface area contributed by atoms with Crippen LogP contribution in [0, 0.1) is 11.3 Å². The van der Waals surface area contributed by atoms with E-state index >= 15 is 0 Å². The Morgan fingerprint density at radius 1 is 1.29 bits per heavy atom. The van der Waals surface area contributed by atoms with Crippen molar-refractivity contribution in [2.45, 2.75) is 52.7 Å². The lowest BCUT2D eigenvalue weighted by atomic mass is 9.72. The molecular formula is C19H28N2. The number of hydrogen-bond donors (Lipinski definition) is 1. The van der Waals surface area contributed by atoms with Crippen molar-refractivity contribution in [3.05, 3.63) is 42.0 Å². The van der Waals surface area contributed by atoms with E-state index in [2.05, 4.69) is 75.7 Å². The summed E-state index contributed by atoms with van der Waals surface area (Å²) < 4.78 is 0. The van der Waals surface area contributed by atoms with E-state index < -0.39 is 0 Å². The summed E-state index contributed by atoms with van der Waals surface area (Å²) in [5, 5.41) is 3.77. The smallest absolute Gasteiger partial charge is 0.0873 e. The zero-order valence-electron chi connectivity index (χ0n) is 14.0. The second kappa shape index (κ2) is 4.88. The molecule has 0 saturated carbocycles. The van der Waals surface area contributed by atoms with Crippen LogP contribution in [-0.2, 0) is 0 Å². The van der Waals surface area contributed by atoms with Crippen molar-refractivity contribution < 1.29 is 0 Å². The SMILES string of the molecule is C=C(C)C1C2c3ccccc3NC2N(CC)C1C(C)(C)C. The summed E-state index contributed by atoms with van der Waals surface area (Å²) in [5.74, 6) is 1.05. The number of nitrogens with zero attached hydrogens (tertiary/aromatic N) is 1. The van der Waals surface area contributed by atoms with Gasteiger partial charge in [0.2, 0.25) is 0 Å². The van der Waals surface area contributed by atoms with Gasteiger partial charge in [-0.3, -0.25) is 4.90 Å². The van der Waals surface area contributed by atoms with Crippen LogP contribution in [0.3, 0.4) is 0 Å². The quantitative estimate of drug-likeness (QED) is 0.806. The third-order valence-electron chi connectivity index (χ3n) is 5.23. The second-order valence-electron chi connectivity index (χ2n) is 7.72. The molecule has 2 heterocycles. The van der Waals surface area contributed by atoms with Gasteiger partial charge in [-0.1, -0.05) is 58.0 Å². The molecule has 2 heteroatoms. The summed E-state index contributed by atoms with van der Waals surface area (Å²) in [6.07, 6.45) is 0.415. The minimum atomic E-state index is 0.251. The second-order valence-corrected chi connectivity index (χ2v) is 7.72. The molecule has 4 atom stereocenters. The number of hydrogen-bond acceptors (Lipinski definition) is 2. The number of rotatable bonds is 2. The molecule has 0 aliphatic carbocycles. The molecule has 114 valence electrons. The van der Waals surface area contributed by atoms with E-state index in [9.17, 15) is 0 Å². The summed E-state index contributed by atoms with van der Waals surface area (Å²) >= 11 is 0. The van der Waals surface area contributed by atoms with Crippen LogP contribution in [0.25, 0.3) is 0 Å². The van der Waals surface area contributed by atoms with Crippen LogP contribution < -0.4 is 5.32 Å². The van der Waals surface area contributed by atoms with Crippen molar-refractivity contribution in [3.63, 3.8) is 0 Å². The first-order valence-corrected chi connectivity index (χ1v) is 8.13. The van der Waals surface area contributed by atoms with E-state index in [1.807, 2.05) is 0 Å². The van der Waals surface area contributed by atoms with Crippen molar-refractivity contribution >= 4 is 5.69 Å². The maximum atomic E-state index is 4.35. The van der Waals surface area contributed by atoms with Crippen molar-refractivity contribution in [1.29, 1.82) is 0 Å². The lowest BCUT2D eigenvalue weighted by Gasteiger charge is -2.40. The van der Waals surface area contributed by atoms with E-state index in [0.29, 0.717) is 24.0 Å². The Morgan fingerprint density at radius 2 is 1.95 bits per heavy atom. The fourth-order valence-electron chi connectivity index (χ4n) is 4.60. The highest BCUT2D eigenvalue weighted by atomic mass is 15.3. The highest BCUT2D eigenvalue weighted by Crippen LogP contribution is 2.54. The molecule has 0 radical (unpaired) electrons. The Hall–Kier alpha value is -1.28. The predicted molar refractivity (Wildman–Crippen MR) is 90.5 cm³/mol. The molecule has 1 aromatic rings. The van der Waals surface area contributed by atoms with Crippen LogP contribution in [0.2, 0.25) is 0 Å². The maximum absolute atomic E-state index is 4.35. The zero-order valence-corrected chi connectivity index (χ0v) is 14.0. The van der Waals surface area contributed by atoms with Gasteiger partial charge < -0.3 is 5.32 Å². The largest absolute Gasteiger partial charge is 0.369 e. The molecule has 4 unspecified atom stereocenters. The molecule has 21 heavy (non-hydrogen) atoms. The van der Waals surface area contributed by atoms with Gasteiger partial charge in [0.05, 0.1) is 6.17 Å². The van der Waals surface area contributed by atoms with Crippen molar-refractivity contribution in [3.8, 4) is 0 Å². The number of benzene rings is 1. The summed E-state index contributed by atoms with van der Waals surface area (Å²) in [4.78, 5) is 2.66. The van der Waals surface area contributed by atoms with Gasteiger partial charge >= 0.3 is 0 Å². The van der Waals surface area contributed by atoms with Crippen LogP contribution in [-0.4, -0.2) is 23.7 Å². The molecule has 1 fully saturated rings. The molecule has 2 aliphatic heterocycles. The Balaban J connectivity index is 2.11. The van der Waals surface area contributed by atoms with E-state index in [1.165, 1.54) is 16.8 Å². The number of nitrogens with one attached hydrogen (secondary N) is 1. The molecule has 1 saturated heterocycles. The maximum Gasteiger partial charge on any atom is 0.0873 e. The van der Waals surface area contributed by atoms with Gasteiger partial charge in [-0.15, -0.1) is 0 Å². The number of para-hydroxylation sites is 1. The van der Waals surface area contributed by atoms with Crippen LogP contribution >= 0.6 is 0 Å². The van der Waals surface area contributed by atoms with E-state index in [1.54, 1.807) is 0 Å². The van der Waals surface area contributed by atoms with Gasteiger partial charge in [0.25, 0.3) is 0 Å². The van der Waals surface area contributed by atoms with Gasteiger partial charge in [-0.2, -0.15) is 0 Å².